The summed E-state index contributed by atoms with van der Waals surface area (Å²) in [6, 6.07) is 15.3. The van der Waals surface area contributed by atoms with Crippen LogP contribution in [0.5, 0.6) is 5.75 Å². The Bertz CT molecular complexity index is 2070. The van der Waals surface area contributed by atoms with Gasteiger partial charge in [-0.15, -0.1) is 0 Å². The molecule has 0 unspecified atom stereocenters. The maximum Gasteiger partial charge on any atom is 0.303 e. The van der Waals surface area contributed by atoms with E-state index in [4.69, 9.17) is 9.72 Å². The highest BCUT2D eigenvalue weighted by atomic mass is 32.2. The van der Waals surface area contributed by atoms with Crippen LogP contribution in [-0.4, -0.2) is 73.3 Å². The zero-order valence-electron chi connectivity index (χ0n) is 28.4. The van der Waals surface area contributed by atoms with Gasteiger partial charge in [0, 0.05) is 55.4 Å². The van der Waals surface area contributed by atoms with Gasteiger partial charge in [0.2, 0.25) is 0 Å². The van der Waals surface area contributed by atoms with Crippen LogP contribution < -0.4 is 9.46 Å². The number of hydrogen-bond acceptors (Lipinski definition) is 6. The van der Waals surface area contributed by atoms with Crippen LogP contribution in [0.1, 0.15) is 94.8 Å². The molecule has 7 rings (SSSR count). The number of carbonyl (C=O) groups excluding carboxylic acids is 2. The second-order valence-electron chi connectivity index (χ2n) is 13.5. The first-order chi connectivity index (χ1) is 23.7. The van der Waals surface area contributed by atoms with E-state index in [1.807, 2.05) is 35.2 Å². The Kier molecular flexibility index (Phi) is 9.06. The maximum atomic E-state index is 14.0. The first kappa shape index (κ1) is 33.0. The van der Waals surface area contributed by atoms with Gasteiger partial charge in [-0.3, -0.25) is 14.6 Å². The fraction of sp³-hybridized carbons (Fsp3) is 0.395. The number of benzene rings is 2. The highest BCUT2D eigenvalue weighted by molar-refractivity contribution is 7.87. The lowest BCUT2D eigenvalue weighted by molar-refractivity contribution is 0.0723. The third kappa shape index (κ3) is 6.25. The molecule has 0 radical (unpaired) electrons. The lowest BCUT2D eigenvalue weighted by atomic mass is 9.81. The van der Waals surface area contributed by atoms with Crippen LogP contribution >= 0.6 is 0 Å². The molecule has 49 heavy (non-hydrogen) atoms. The number of nitrogens with one attached hydrogen (secondary N) is 1. The molecule has 0 atom stereocenters. The number of hydrogen-bond donors (Lipinski definition) is 1. The van der Waals surface area contributed by atoms with E-state index in [1.165, 1.54) is 26.1 Å². The number of aromatic nitrogens is 2. The molecule has 1 saturated carbocycles. The van der Waals surface area contributed by atoms with Crippen molar-refractivity contribution in [2.24, 2.45) is 0 Å². The van der Waals surface area contributed by atoms with Crippen LogP contribution in [0.4, 0.5) is 0 Å². The quantitative estimate of drug-likeness (QED) is 0.239. The first-order valence-corrected chi connectivity index (χ1v) is 18.6. The predicted molar refractivity (Wildman–Crippen MR) is 192 cm³/mol. The van der Waals surface area contributed by atoms with Crippen LogP contribution in [0.2, 0.25) is 0 Å². The lowest BCUT2D eigenvalue weighted by Gasteiger charge is -2.27. The van der Waals surface area contributed by atoms with Crippen molar-refractivity contribution in [2.45, 2.75) is 63.8 Å². The zero-order valence-corrected chi connectivity index (χ0v) is 29.2. The lowest BCUT2D eigenvalue weighted by Crippen LogP contribution is -2.39. The second kappa shape index (κ2) is 13.4. The number of ether oxygens (including phenoxy) is 1. The molecule has 1 aliphatic carbocycles. The predicted octanol–water partition coefficient (Wildman–Crippen LogP) is 6.48. The topological polar surface area (TPSA) is 114 Å². The standard InChI is InChI=1S/C38H43N5O5S/c1-41(2)49(46,47)40-37(44)26-14-16-31-33(23-26)43-24-28(35-32(13-10-18-39-35)38(45)42-19-8-5-9-20-42)21-27-22-29(48-3)15-17-30(27)36(43)34(31)25-11-6-4-7-12-25/h10,13-18,21-23,25H,4-9,11-12,19-20,24H2,1-3H3,(H,40,44). The van der Waals surface area contributed by atoms with Crippen molar-refractivity contribution < 1.29 is 22.7 Å². The van der Waals surface area contributed by atoms with Crippen LogP contribution in [0.3, 0.4) is 0 Å². The van der Waals surface area contributed by atoms with Crippen LogP contribution in [0, 0.1) is 0 Å². The molecule has 2 amide bonds. The van der Waals surface area contributed by atoms with E-state index in [2.05, 4.69) is 21.4 Å². The van der Waals surface area contributed by atoms with Crippen molar-refractivity contribution in [3.63, 3.8) is 0 Å². The number of nitrogens with zero attached hydrogens (tertiary/aromatic N) is 4. The molecule has 2 aliphatic heterocycles. The normalized spacial score (nSPS) is 16.9. The molecule has 1 saturated heterocycles. The maximum absolute atomic E-state index is 14.0. The van der Waals surface area contributed by atoms with Gasteiger partial charge in [0.05, 0.1) is 30.6 Å². The number of methoxy groups -OCH3 is 1. The summed E-state index contributed by atoms with van der Waals surface area (Å²) in [5.41, 5.74) is 7.47. The molecule has 2 aromatic heterocycles. The third-order valence-electron chi connectivity index (χ3n) is 10.2. The van der Waals surface area contributed by atoms with Crippen LogP contribution in [-0.2, 0) is 16.8 Å². The fourth-order valence-electron chi connectivity index (χ4n) is 7.69. The fourth-order valence-corrected chi connectivity index (χ4v) is 8.23. The molecule has 11 heteroatoms. The monoisotopic (exact) mass is 681 g/mol. The average Bonchev–Trinajstić information content (AvgIpc) is 3.34. The number of piperidine rings is 1. The molecule has 4 aromatic rings. The van der Waals surface area contributed by atoms with Gasteiger partial charge in [-0.25, -0.2) is 4.72 Å². The minimum Gasteiger partial charge on any atom is -0.497 e. The SMILES string of the molecule is COc1ccc2c(c1)C=C(c1ncccc1C(=O)N1CCCCC1)Cn1c-2c(C2CCCCC2)c2ccc(C(=O)NS(=O)(=O)N(C)C)cc21. The van der Waals surface area contributed by atoms with Gasteiger partial charge in [0.1, 0.15) is 5.75 Å². The summed E-state index contributed by atoms with van der Waals surface area (Å²) in [6.07, 6.45) is 12.6. The number of pyridine rings is 1. The summed E-state index contributed by atoms with van der Waals surface area (Å²) in [7, 11) is 0.430. The van der Waals surface area contributed by atoms with Gasteiger partial charge in [-0.2, -0.15) is 12.7 Å². The van der Waals surface area contributed by atoms with E-state index in [0.29, 0.717) is 23.7 Å². The van der Waals surface area contributed by atoms with E-state index in [1.54, 1.807) is 25.4 Å². The highest BCUT2D eigenvalue weighted by Gasteiger charge is 2.32. The Morgan fingerprint density at radius 3 is 2.45 bits per heavy atom. The zero-order chi connectivity index (χ0) is 34.3. The number of rotatable bonds is 7. The van der Waals surface area contributed by atoms with Crippen LogP contribution in [0.25, 0.3) is 33.8 Å². The molecule has 2 aromatic carbocycles. The van der Waals surface area contributed by atoms with Crippen molar-refractivity contribution in [2.75, 3.05) is 34.3 Å². The Morgan fingerprint density at radius 2 is 1.71 bits per heavy atom. The van der Waals surface area contributed by atoms with E-state index < -0.39 is 16.1 Å². The van der Waals surface area contributed by atoms with Gasteiger partial charge in [0.25, 0.3) is 11.8 Å². The molecule has 0 bridgehead atoms. The summed E-state index contributed by atoms with van der Waals surface area (Å²) in [6.45, 7) is 1.86. The third-order valence-corrected chi connectivity index (χ3v) is 11.6. The summed E-state index contributed by atoms with van der Waals surface area (Å²) in [4.78, 5) is 34.1. The van der Waals surface area contributed by atoms with Gasteiger partial charge >= 0.3 is 10.2 Å². The van der Waals surface area contributed by atoms with Crippen LogP contribution in [0.15, 0.2) is 54.7 Å². The Labute approximate surface area is 287 Å². The summed E-state index contributed by atoms with van der Waals surface area (Å²) in [5, 5.41) is 1.04. The smallest absolute Gasteiger partial charge is 0.303 e. The molecular weight excluding hydrogens is 639 g/mol. The summed E-state index contributed by atoms with van der Waals surface area (Å²) in [5.74, 6) is 0.341. The molecular formula is C38H43N5O5S. The van der Waals surface area contributed by atoms with Crippen molar-refractivity contribution >= 4 is 44.6 Å². The molecule has 10 nitrogen and oxygen atoms in total. The summed E-state index contributed by atoms with van der Waals surface area (Å²) < 4.78 is 36.3. The van der Waals surface area contributed by atoms with Crippen molar-refractivity contribution in [3.05, 3.63) is 82.7 Å². The molecule has 4 heterocycles. The summed E-state index contributed by atoms with van der Waals surface area (Å²) >= 11 is 0. The first-order valence-electron chi connectivity index (χ1n) is 17.2. The number of amides is 2. The van der Waals surface area contributed by atoms with Crippen molar-refractivity contribution in [1.29, 1.82) is 0 Å². The molecule has 256 valence electrons. The van der Waals surface area contributed by atoms with Crippen molar-refractivity contribution in [1.82, 2.24) is 23.5 Å². The second-order valence-corrected chi connectivity index (χ2v) is 15.4. The molecule has 2 fully saturated rings. The van der Waals surface area contributed by atoms with E-state index in [9.17, 15) is 18.0 Å². The van der Waals surface area contributed by atoms with Gasteiger partial charge in [0.15, 0.2) is 0 Å². The van der Waals surface area contributed by atoms with Gasteiger partial charge < -0.3 is 14.2 Å². The largest absolute Gasteiger partial charge is 0.497 e. The van der Waals surface area contributed by atoms with E-state index >= 15 is 0 Å². The molecule has 1 N–H and O–H groups in total. The van der Waals surface area contributed by atoms with Gasteiger partial charge in [-0.05, 0) is 103 Å². The van der Waals surface area contributed by atoms with Crippen molar-refractivity contribution in [3.8, 4) is 17.0 Å². The Morgan fingerprint density at radius 1 is 0.959 bits per heavy atom. The minimum atomic E-state index is -3.99. The number of likely N-dealkylation sites (tertiary alicyclic amines) is 1. The van der Waals surface area contributed by atoms with E-state index in [0.717, 1.165) is 101 Å². The molecule has 3 aliphatic rings. The van der Waals surface area contributed by atoms with Gasteiger partial charge in [-0.1, -0.05) is 25.3 Å². The molecule has 0 spiro atoms. The average molecular weight is 682 g/mol. The number of fused-ring (bicyclic) bond motifs is 5. The number of allylic oxidation sites excluding steroid dienone is 1. The minimum absolute atomic E-state index is 0.0136. The van der Waals surface area contributed by atoms with E-state index in [-0.39, 0.29) is 11.5 Å². The number of carbonyl (C=O) groups is 2. The highest BCUT2D eigenvalue weighted by Crippen LogP contribution is 2.48. The Hall–Kier alpha value is -4.48. The Balaban J connectivity index is 1.45.